The zero-order valence-corrected chi connectivity index (χ0v) is 14.8. The number of aromatic nitrogens is 2. The highest BCUT2D eigenvalue weighted by Gasteiger charge is 2.08. The molecule has 0 saturated heterocycles. The molecule has 8 nitrogen and oxygen atoms in total. The molecular weight excluding hydrogens is 348 g/mol. The largest absolute Gasteiger partial charge is 0.497 e. The van der Waals surface area contributed by atoms with Crippen molar-refractivity contribution < 1.29 is 18.7 Å². The molecule has 3 aromatic rings. The van der Waals surface area contributed by atoms with Crippen LogP contribution in [0.15, 0.2) is 59.2 Å². The number of hydrogen-bond acceptors (Lipinski definition) is 7. The number of benzene rings is 1. The summed E-state index contributed by atoms with van der Waals surface area (Å²) in [5, 5.41) is 13.7. The highest BCUT2D eigenvalue weighted by Crippen LogP contribution is 2.16. The Labute approximate surface area is 156 Å². The molecule has 27 heavy (non-hydrogen) atoms. The Morgan fingerprint density at radius 3 is 2.56 bits per heavy atom. The fourth-order valence-corrected chi connectivity index (χ4v) is 2.23. The Bertz CT molecular complexity index is 833. The van der Waals surface area contributed by atoms with Crippen LogP contribution in [0, 0.1) is 0 Å². The molecule has 2 heterocycles. The summed E-state index contributed by atoms with van der Waals surface area (Å²) in [5.74, 6) is 2.51. The number of methoxy groups -OCH3 is 1. The topological polar surface area (TPSA) is 98.5 Å². The molecule has 0 saturated carbocycles. The predicted octanol–water partition coefficient (Wildman–Crippen LogP) is 2.50. The molecule has 0 spiro atoms. The summed E-state index contributed by atoms with van der Waals surface area (Å²) in [4.78, 5) is 12.1. The minimum atomic E-state index is -0.307. The van der Waals surface area contributed by atoms with E-state index in [0.29, 0.717) is 31.3 Å². The van der Waals surface area contributed by atoms with Crippen LogP contribution in [0.5, 0.6) is 11.5 Å². The van der Waals surface area contributed by atoms with Gasteiger partial charge in [0.05, 0.1) is 26.5 Å². The van der Waals surface area contributed by atoms with E-state index in [0.717, 1.165) is 11.5 Å². The van der Waals surface area contributed by atoms with E-state index in [-0.39, 0.29) is 11.6 Å². The van der Waals surface area contributed by atoms with Crippen molar-refractivity contribution in [1.82, 2.24) is 15.5 Å². The number of ether oxygens (including phenoxy) is 2. The summed E-state index contributed by atoms with van der Waals surface area (Å²) < 4.78 is 15.9. The fraction of sp³-hybridized carbons (Fsp3) is 0.211. The second-order valence-electron chi connectivity index (χ2n) is 5.52. The third-order valence-corrected chi connectivity index (χ3v) is 3.64. The number of nitrogens with one attached hydrogen (secondary N) is 2. The first-order valence-electron chi connectivity index (χ1n) is 8.39. The highest BCUT2D eigenvalue weighted by atomic mass is 16.5. The van der Waals surface area contributed by atoms with E-state index in [1.807, 2.05) is 24.3 Å². The Kier molecular flexibility index (Phi) is 6.24. The maximum absolute atomic E-state index is 12.1. The van der Waals surface area contributed by atoms with Crippen LogP contribution in [0.2, 0.25) is 0 Å². The molecular formula is C19H20N4O4. The zero-order chi connectivity index (χ0) is 18.9. The summed E-state index contributed by atoms with van der Waals surface area (Å²) in [5.41, 5.74) is 0.239. The van der Waals surface area contributed by atoms with Gasteiger partial charge in [-0.1, -0.05) is 0 Å². The van der Waals surface area contributed by atoms with Crippen LogP contribution in [0.4, 0.5) is 5.82 Å². The van der Waals surface area contributed by atoms with Gasteiger partial charge in [-0.3, -0.25) is 4.79 Å². The third kappa shape index (κ3) is 5.46. The normalized spacial score (nSPS) is 10.3. The van der Waals surface area contributed by atoms with Crippen molar-refractivity contribution in [3.8, 4) is 11.5 Å². The number of rotatable bonds is 9. The minimum absolute atomic E-state index is 0.239. The van der Waals surface area contributed by atoms with E-state index in [2.05, 4.69) is 20.8 Å². The summed E-state index contributed by atoms with van der Waals surface area (Å²) in [6.07, 6.45) is 1.61. The second-order valence-corrected chi connectivity index (χ2v) is 5.52. The van der Waals surface area contributed by atoms with Crippen molar-refractivity contribution in [2.75, 3.05) is 25.6 Å². The molecule has 2 N–H and O–H groups in total. The number of furan rings is 1. The van der Waals surface area contributed by atoms with Crippen LogP contribution >= 0.6 is 0 Å². The standard InChI is InChI=1S/C19H20N4O4/c1-25-14-4-6-15(7-5-14)27-12-10-20-19(24)17-8-9-18(23-22-17)21-13-16-3-2-11-26-16/h2-9,11H,10,12-13H2,1H3,(H,20,24)(H,21,23). The lowest BCUT2D eigenvalue weighted by atomic mass is 10.3. The Morgan fingerprint density at radius 2 is 1.89 bits per heavy atom. The third-order valence-electron chi connectivity index (χ3n) is 3.64. The molecule has 2 aromatic heterocycles. The minimum Gasteiger partial charge on any atom is -0.497 e. The first-order valence-corrected chi connectivity index (χ1v) is 8.39. The lowest BCUT2D eigenvalue weighted by Crippen LogP contribution is -2.29. The van der Waals surface area contributed by atoms with E-state index in [9.17, 15) is 4.79 Å². The van der Waals surface area contributed by atoms with Gasteiger partial charge in [-0.05, 0) is 48.5 Å². The monoisotopic (exact) mass is 368 g/mol. The lowest BCUT2D eigenvalue weighted by molar-refractivity contribution is 0.0941. The molecule has 140 valence electrons. The Balaban J connectivity index is 1.39. The molecule has 1 aromatic carbocycles. The first kappa shape index (κ1) is 18.2. The van der Waals surface area contributed by atoms with Gasteiger partial charge in [-0.2, -0.15) is 0 Å². The van der Waals surface area contributed by atoms with Crippen molar-refractivity contribution >= 4 is 11.7 Å². The molecule has 0 unspecified atom stereocenters. The van der Waals surface area contributed by atoms with Gasteiger partial charge in [-0.25, -0.2) is 0 Å². The van der Waals surface area contributed by atoms with E-state index in [4.69, 9.17) is 13.9 Å². The number of hydrogen-bond donors (Lipinski definition) is 2. The van der Waals surface area contributed by atoms with Gasteiger partial charge < -0.3 is 24.5 Å². The van der Waals surface area contributed by atoms with Gasteiger partial charge in [-0.15, -0.1) is 10.2 Å². The van der Waals surface area contributed by atoms with Crippen LogP contribution in [-0.4, -0.2) is 36.4 Å². The molecule has 3 rings (SSSR count). The van der Waals surface area contributed by atoms with Crippen LogP contribution < -0.4 is 20.1 Å². The number of anilines is 1. The molecule has 0 aliphatic heterocycles. The number of amides is 1. The van der Waals surface area contributed by atoms with Crippen LogP contribution in [0.1, 0.15) is 16.2 Å². The number of carbonyl (C=O) groups is 1. The maximum Gasteiger partial charge on any atom is 0.271 e. The average molecular weight is 368 g/mol. The van der Waals surface area contributed by atoms with Crippen molar-refractivity contribution in [3.05, 3.63) is 66.2 Å². The van der Waals surface area contributed by atoms with Crippen molar-refractivity contribution in [3.63, 3.8) is 0 Å². The van der Waals surface area contributed by atoms with Gasteiger partial charge in [0.25, 0.3) is 5.91 Å². The molecule has 0 fully saturated rings. The number of carbonyl (C=O) groups excluding carboxylic acids is 1. The van der Waals surface area contributed by atoms with Crippen molar-refractivity contribution in [2.24, 2.45) is 0 Å². The molecule has 0 atom stereocenters. The molecule has 0 bridgehead atoms. The SMILES string of the molecule is COc1ccc(OCCNC(=O)c2ccc(NCc3ccco3)nn2)cc1. The molecule has 1 amide bonds. The van der Waals surface area contributed by atoms with Crippen LogP contribution in [0.25, 0.3) is 0 Å². The maximum atomic E-state index is 12.1. The van der Waals surface area contributed by atoms with Gasteiger partial charge in [0.2, 0.25) is 0 Å². The molecule has 8 heteroatoms. The van der Waals surface area contributed by atoms with Gasteiger partial charge in [0.1, 0.15) is 29.7 Å². The Hall–Kier alpha value is -3.55. The quantitative estimate of drug-likeness (QED) is 0.560. The van der Waals surface area contributed by atoms with E-state index in [1.165, 1.54) is 0 Å². The summed E-state index contributed by atoms with van der Waals surface area (Å²) in [6.45, 7) is 1.19. The van der Waals surface area contributed by atoms with Crippen LogP contribution in [-0.2, 0) is 6.54 Å². The predicted molar refractivity (Wildman–Crippen MR) is 98.9 cm³/mol. The molecule has 0 aliphatic rings. The van der Waals surface area contributed by atoms with Gasteiger partial charge >= 0.3 is 0 Å². The van der Waals surface area contributed by atoms with Gasteiger partial charge in [0.15, 0.2) is 5.69 Å². The number of nitrogens with zero attached hydrogens (tertiary/aromatic N) is 2. The Morgan fingerprint density at radius 1 is 1.07 bits per heavy atom. The lowest BCUT2D eigenvalue weighted by Gasteiger charge is -2.08. The van der Waals surface area contributed by atoms with E-state index in [1.54, 1.807) is 37.6 Å². The second kappa shape index (κ2) is 9.23. The molecule has 0 radical (unpaired) electrons. The van der Waals surface area contributed by atoms with Gasteiger partial charge in [0, 0.05) is 0 Å². The van der Waals surface area contributed by atoms with Crippen molar-refractivity contribution in [1.29, 1.82) is 0 Å². The fourth-order valence-electron chi connectivity index (χ4n) is 2.23. The van der Waals surface area contributed by atoms with Crippen LogP contribution in [0.3, 0.4) is 0 Å². The molecule has 0 aliphatic carbocycles. The van der Waals surface area contributed by atoms with E-state index < -0.39 is 0 Å². The summed E-state index contributed by atoms with van der Waals surface area (Å²) in [6, 6.07) is 14.2. The smallest absolute Gasteiger partial charge is 0.271 e. The first-order chi connectivity index (χ1) is 13.2. The highest BCUT2D eigenvalue weighted by molar-refractivity contribution is 5.92. The zero-order valence-electron chi connectivity index (χ0n) is 14.8. The van der Waals surface area contributed by atoms with Crippen molar-refractivity contribution in [2.45, 2.75) is 6.54 Å². The summed E-state index contributed by atoms with van der Waals surface area (Å²) >= 11 is 0. The average Bonchev–Trinajstić information content (AvgIpc) is 3.24. The summed E-state index contributed by atoms with van der Waals surface area (Å²) in [7, 11) is 1.61. The van der Waals surface area contributed by atoms with E-state index >= 15 is 0 Å².